The van der Waals surface area contributed by atoms with Crippen LogP contribution in [0.15, 0.2) is 5.03 Å². The SMILES string of the molecule is CCCSc1nsnc1[C@H]1CN2CC[C@@H]1C2. The van der Waals surface area contributed by atoms with Crippen LogP contribution in [0.5, 0.6) is 0 Å². The molecule has 3 nitrogen and oxygen atoms in total. The van der Waals surface area contributed by atoms with Crippen molar-refractivity contribution in [2.45, 2.75) is 30.7 Å². The van der Waals surface area contributed by atoms with Crippen LogP contribution in [0.1, 0.15) is 31.4 Å². The summed E-state index contributed by atoms with van der Waals surface area (Å²) in [6.45, 7) is 6.03. The summed E-state index contributed by atoms with van der Waals surface area (Å²) in [4.78, 5) is 2.57. The molecule has 2 fully saturated rings. The van der Waals surface area contributed by atoms with E-state index in [0.717, 1.165) is 5.92 Å². The van der Waals surface area contributed by atoms with Crippen molar-refractivity contribution in [1.82, 2.24) is 13.6 Å². The highest BCUT2D eigenvalue weighted by Crippen LogP contribution is 2.41. The van der Waals surface area contributed by atoms with Crippen LogP contribution in [-0.4, -0.2) is 39.0 Å². The Kier molecular flexibility index (Phi) is 3.18. The fourth-order valence-electron chi connectivity index (χ4n) is 2.81. The lowest BCUT2D eigenvalue weighted by atomic mass is 9.90. The Morgan fingerprint density at radius 1 is 1.44 bits per heavy atom. The minimum Gasteiger partial charge on any atom is -0.302 e. The van der Waals surface area contributed by atoms with Gasteiger partial charge in [0.15, 0.2) is 0 Å². The van der Waals surface area contributed by atoms with Crippen molar-refractivity contribution in [3.05, 3.63) is 5.69 Å². The number of nitrogens with zero attached hydrogens (tertiary/aromatic N) is 3. The lowest BCUT2D eigenvalue weighted by Gasteiger charge is -2.20. The van der Waals surface area contributed by atoms with Crippen molar-refractivity contribution in [2.75, 3.05) is 25.4 Å². The number of aromatic nitrogens is 2. The van der Waals surface area contributed by atoms with Crippen LogP contribution < -0.4 is 0 Å². The smallest absolute Gasteiger partial charge is 0.134 e. The lowest BCUT2D eigenvalue weighted by Crippen LogP contribution is -2.22. The molecule has 2 saturated heterocycles. The monoisotopic (exact) mass is 255 g/mol. The third-order valence-corrected chi connectivity index (χ3v) is 5.45. The molecule has 2 bridgehead atoms. The Labute approximate surface area is 105 Å². The van der Waals surface area contributed by atoms with Crippen LogP contribution >= 0.6 is 23.5 Å². The molecule has 88 valence electrons. The van der Waals surface area contributed by atoms with E-state index in [0.29, 0.717) is 5.92 Å². The number of fused-ring (bicyclic) bond motifs is 2. The van der Waals surface area contributed by atoms with Crippen LogP contribution in [0.2, 0.25) is 0 Å². The van der Waals surface area contributed by atoms with Crippen LogP contribution in [0, 0.1) is 5.92 Å². The molecule has 5 heteroatoms. The molecule has 0 N–H and O–H groups in total. The molecule has 0 aromatic carbocycles. The van der Waals surface area contributed by atoms with Gasteiger partial charge in [0.2, 0.25) is 0 Å². The van der Waals surface area contributed by atoms with Crippen LogP contribution in [-0.2, 0) is 0 Å². The van der Waals surface area contributed by atoms with Gasteiger partial charge in [-0.15, -0.1) is 11.8 Å². The van der Waals surface area contributed by atoms with Gasteiger partial charge in [-0.2, -0.15) is 8.75 Å². The molecule has 0 spiro atoms. The maximum absolute atomic E-state index is 4.55. The summed E-state index contributed by atoms with van der Waals surface area (Å²) < 4.78 is 9.01. The molecule has 1 aromatic heterocycles. The summed E-state index contributed by atoms with van der Waals surface area (Å²) in [5.74, 6) is 2.69. The average molecular weight is 255 g/mol. The first-order chi connectivity index (χ1) is 7.88. The maximum atomic E-state index is 4.55. The molecule has 1 unspecified atom stereocenters. The molecule has 2 aliphatic heterocycles. The summed E-state index contributed by atoms with van der Waals surface area (Å²) in [6.07, 6.45) is 2.57. The molecule has 0 saturated carbocycles. The van der Waals surface area contributed by atoms with Gasteiger partial charge in [-0.3, -0.25) is 0 Å². The molecule has 16 heavy (non-hydrogen) atoms. The zero-order valence-electron chi connectivity index (χ0n) is 9.56. The van der Waals surface area contributed by atoms with E-state index in [1.54, 1.807) is 0 Å². The Morgan fingerprint density at radius 3 is 3.06 bits per heavy atom. The molecular formula is C11H17N3S2. The Balaban J connectivity index is 1.76. The zero-order chi connectivity index (χ0) is 11.0. The molecular weight excluding hydrogens is 238 g/mol. The second kappa shape index (κ2) is 4.63. The normalized spacial score (nSPS) is 32.4. The Hall–Kier alpha value is -0.130. The fraction of sp³-hybridized carbons (Fsp3) is 0.818. The highest BCUT2D eigenvalue weighted by atomic mass is 32.2. The van der Waals surface area contributed by atoms with E-state index >= 15 is 0 Å². The molecule has 2 aliphatic rings. The van der Waals surface area contributed by atoms with Gasteiger partial charge in [0.1, 0.15) is 5.03 Å². The minimum absolute atomic E-state index is 0.673. The van der Waals surface area contributed by atoms with Crippen molar-refractivity contribution >= 4 is 23.5 Å². The second-order valence-corrected chi connectivity index (χ2v) is 6.33. The van der Waals surface area contributed by atoms with E-state index < -0.39 is 0 Å². The summed E-state index contributed by atoms with van der Waals surface area (Å²) >= 11 is 3.28. The van der Waals surface area contributed by atoms with Crippen LogP contribution in [0.25, 0.3) is 0 Å². The lowest BCUT2D eigenvalue weighted by molar-refractivity contribution is 0.342. The second-order valence-electron chi connectivity index (χ2n) is 4.72. The topological polar surface area (TPSA) is 29.0 Å². The number of rotatable bonds is 4. The predicted molar refractivity (Wildman–Crippen MR) is 68.2 cm³/mol. The van der Waals surface area contributed by atoms with E-state index in [4.69, 9.17) is 0 Å². The maximum Gasteiger partial charge on any atom is 0.134 e. The first-order valence-corrected chi connectivity index (χ1v) is 7.77. The summed E-state index contributed by atoms with van der Waals surface area (Å²) in [6, 6.07) is 0. The van der Waals surface area contributed by atoms with E-state index in [1.807, 2.05) is 11.8 Å². The Bertz CT molecular complexity index is 366. The quantitative estimate of drug-likeness (QED) is 0.773. The molecule has 0 radical (unpaired) electrons. The van der Waals surface area contributed by atoms with Crippen molar-refractivity contribution in [1.29, 1.82) is 0 Å². The van der Waals surface area contributed by atoms with Crippen LogP contribution in [0.4, 0.5) is 0 Å². The van der Waals surface area contributed by atoms with Gasteiger partial charge in [-0.25, -0.2) is 0 Å². The zero-order valence-corrected chi connectivity index (χ0v) is 11.2. The summed E-state index contributed by atoms with van der Waals surface area (Å²) in [5, 5.41) is 1.21. The van der Waals surface area contributed by atoms with Gasteiger partial charge in [0.25, 0.3) is 0 Å². The first-order valence-electron chi connectivity index (χ1n) is 6.06. The van der Waals surface area contributed by atoms with Crippen molar-refractivity contribution in [2.24, 2.45) is 5.92 Å². The minimum atomic E-state index is 0.673. The Morgan fingerprint density at radius 2 is 2.38 bits per heavy atom. The standard InChI is InChI=1S/C11H17N3S2/c1-2-5-15-11-10(12-16-13-11)9-7-14-4-3-8(9)6-14/h8-9H,2-7H2,1H3/t8-,9+/m1/s1. The van der Waals surface area contributed by atoms with Gasteiger partial charge in [0.05, 0.1) is 17.4 Å². The molecule has 0 amide bonds. The van der Waals surface area contributed by atoms with Gasteiger partial charge in [-0.05, 0) is 31.1 Å². The third kappa shape index (κ3) is 1.89. The highest BCUT2D eigenvalue weighted by molar-refractivity contribution is 7.99. The highest BCUT2D eigenvalue weighted by Gasteiger charge is 2.41. The molecule has 0 aliphatic carbocycles. The van der Waals surface area contributed by atoms with Crippen molar-refractivity contribution in [3.8, 4) is 0 Å². The number of piperidine rings is 1. The third-order valence-electron chi connectivity index (χ3n) is 3.61. The predicted octanol–water partition coefficient (Wildman–Crippen LogP) is 2.46. The summed E-state index contributed by atoms with van der Waals surface area (Å²) in [5.41, 5.74) is 1.30. The largest absolute Gasteiger partial charge is 0.302 e. The molecule has 3 heterocycles. The van der Waals surface area contributed by atoms with Gasteiger partial charge in [0, 0.05) is 19.0 Å². The van der Waals surface area contributed by atoms with E-state index in [1.165, 1.54) is 60.7 Å². The number of hydrogen-bond donors (Lipinski definition) is 0. The first kappa shape index (κ1) is 11.0. The van der Waals surface area contributed by atoms with Crippen LogP contribution in [0.3, 0.4) is 0 Å². The van der Waals surface area contributed by atoms with Gasteiger partial charge in [-0.1, -0.05) is 6.92 Å². The summed E-state index contributed by atoms with van der Waals surface area (Å²) in [7, 11) is 0. The molecule has 3 atom stereocenters. The fourth-order valence-corrected chi connectivity index (χ4v) is 4.44. The molecule has 3 rings (SSSR count). The molecule has 1 aromatic rings. The average Bonchev–Trinajstić information content (AvgIpc) is 3.01. The van der Waals surface area contributed by atoms with Crippen molar-refractivity contribution < 1.29 is 0 Å². The van der Waals surface area contributed by atoms with E-state index in [9.17, 15) is 0 Å². The van der Waals surface area contributed by atoms with Gasteiger partial charge < -0.3 is 4.90 Å². The van der Waals surface area contributed by atoms with Gasteiger partial charge >= 0.3 is 0 Å². The van der Waals surface area contributed by atoms with Crippen molar-refractivity contribution in [3.63, 3.8) is 0 Å². The number of hydrogen-bond acceptors (Lipinski definition) is 5. The van der Waals surface area contributed by atoms with E-state index in [-0.39, 0.29) is 0 Å². The number of thioether (sulfide) groups is 1. The van der Waals surface area contributed by atoms with E-state index in [2.05, 4.69) is 20.6 Å².